The zero-order valence-corrected chi connectivity index (χ0v) is 25.7. The monoisotopic (exact) mass is 653 g/mol. The van der Waals surface area contributed by atoms with Crippen LogP contribution in [0.2, 0.25) is 10.0 Å². The number of sulfonamides is 1. The molecule has 0 aromatic heterocycles. The highest BCUT2D eigenvalue weighted by Gasteiger charge is 2.33. The molecule has 0 saturated heterocycles. The number of nitrogens with one attached hydrogen (secondary N) is 1. The van der Waals surface area contributed by atoms with Gasteiger partial charge in [0, 0.05) is 27.1 Å². The van der Waals surface area contributed by atoms with Crippen LogP contribution in [-0.4, -0.2) is 43.8 Å². The van der Waals surface area contributed by atoms with Gasteiger partial charge in [0.15, 0.2) is 0 Å². The number of anilines is 1. The van der Waals surface area contributed by atoms with Crippen molar-refractivity contribution >= 4 is 66.7 Å². The fourth-order valence-electron chi connectivity index (χ4n) is 3.77. The third-order valence-corrected chi connectivity index (χ3v) is 8.93. The summed E-state index contributed by atoms with van der Waals surface area (Å²) in [5.74, 6) is -0.904. The molecule has 208 valence electrons. The summed E-state index contributed by atoms with van der Waals surface area (Å²) in [6, 6.07) is 18.5. The Morgan fingerprint density at radius 2 is 1.54 bits per heavy atom. The summed E-state index contributed by atoms with van der Waals surface area (Å²) >= 11 is 15.8. The van der Waals surface area contributed by atoms with Gasteiger partial charge in [-0.05, 0) is 68.3 Å². The number of carbonyl (C=O) groups excluding carboxylic acids is 2. The standard InChI is InChI=1S/C28H30BrCl2N3O4S/c1-4-19(2)32-28(36)20(3)33(17-21-10-12-22(29)13-11-21)27(35)18-34(25-15-23(30)14-24(31)16-25)39(37,38)26-8-6-5-7-9-26/h5-16,19-20H,4,17-18H2,1-3H3,(H,32,36). The van der Waals surface area contributed by atoms with Gasteiger partial charge in [-0.2, -0.15) is 0 Å². The molecule has 11 heteroatoms. The van der Waals surface area contributed by atoms with Gasteiger partial charge in [-0.25, -0.2) is 8.42 Å². The quantitative estimate of drug-likeness (QED) is 0.264. The molecule has 0 aliphatic rings. The first-order valence-electron chi connectivity index (χ1n) is 12.3. The molecule has 2 atom stereocenters. The van der Waals surface area contributed by atoms with Crippen molar-refractivity contribution in [3.8, 4) is 0 Å². The van der Waals surface area contributed by atoms with Crippen LogP contribution in [0.15, 0.2) is 82.2 Å². The molecule has 0 bridgehead atoms. The van der Waals surface area contributed by atoms with E-state index in [-0.39, 0.29) is 39.1 Å². The van der Waals surface area contributed by atoms with Crippen LogP contribution in [0.5, 0.6) is 0 Å². The highest BCUT2D eigenvalue weighted by atomic mass is 79.9. The lowest BCUT2D eigenvalue weighted by molar-refractivity contribution is -0.139. The molecule has 3 aromatic carbocycles. The van der Waals surface area contributed by atoms with E-state index in [1.807, 2.05) is 38.1 Å². The van der Waals surface area contributed by atoms with Crippen molar-refractivity contribution in [1.29, 1.82) is 0 Å². The molecular weight excluding hydrogens is 625 g/mol. The summed E-state index contributed by atoms with van der Waals surface area (Å²) < 4.78 is 29.4. The second-order valence-corrected chi connectivity index (χ2v) is 12.7. The molecular formula is C28H30BrCl2N3O4S. The van der Waals surface area contributed by atoms with E-state index in [2.05, 4.69) is 21.2 Å². The average Bonchev–Trinajstić information content (AvgIpc) is 2.90. The number of benzene rings is 3. The molecule has 0 radical (unpaired) electrons. The first-order chi connectivity index (χ1) is 18.4. The number of nitrogens with zero attached hydrogens (tertiary/aromatic N) is 2. The summed E-state index contributed by atoms with van der Waals surface area (Å²) in [4.78, 5) is 28.4. The van der Waals surface area contributed by atoms with E-state index in [1.54, 1.807) is 25.1 Å². The molecule has 2 unspecified atom stereocenters. The van der Waals surface area contributed by atoms with Crippen LogP contribution >= 0.6 is 39.1 Å². The first kappa shape index (κ1) is 30.9. The summed E-state index contributed by atoms with van der Waals surface area (Å²) in [7, 11) is -4.20. The second kappa shape index (κ2) is 13.7. The Kier molecular flexibility index (Phi) is 10.8. The third kappa shape index (κ3) is 8.20. The molecule has 0 heterocycles. The molecule has 3 aromatic rings. The maximum Gasteiger partial charge on any atom is 0.264 e. The van der Waals surface area contributed by atoms with Crippen LogP contribution in [0.4, 0.5) is 5.69 Å². The largest absolute Gasteiger partial charge is 0.352 e. The maximum atomic E-state index is 13.9. The summed E-state index contributed by atoms with van der Waals surface area (Å²) in [5.41, 5.74) is 0.906. The summed E-state index contributed by atoms with van der Waals surface area (Å²) in [6.45, 7) is 4.97. The fraction of sp³-hybridized carbons (Fsp3) is 0.286. The minimum atomic E-state index is -4.20. The van der Waals surface area contributed by atoms with Crippen molar-refractivity contribution in [2.45, 2.75) is 50.7 Å². The van der Waals surface area contributed by atoms with Crippen molar-refractivity contribution in [3.63, 3.8) is 0 Å². The Morgan fingerprint density at radius 3 is 2.10 bits per heavy atom. The zero-order valence-electron chi connectivity index (χ0n) is 21.8. The summed E-state index contributed by atoms with van der Waals surface area (Å²) in [6.07, 6.45) is 0.720. The van der Waals surface area contributed by atoms with Crippen molar-refractivity contribution < 1.29 is 18.0 Å². The Bertz CT molecular complexity index is 1390. The van der Waals surface area contributed by atoms with E-state index in [4.69, 9.17) is 23.2 Å². The van der Waals surface area contributed by atoms with Gasteiger partial charge in [-0.1, -0.05) is 76.4 Å². The Balaban J connectivity index is 2.04. The van der Waals surface area contributed by atoms with E-state index in [0.29, 0.717) is 0 Å². The van der Waals surface area contributed by atoms with Gasteiger partial charge in [-0.3, -0.25) is 13.9 Å². The molecule has 1 N–H and O–H groups in total. The maximum absolute atomic E-state index is 13.9. The van der Waals surface area contributed by atoms with Crippen LogP contribution in [-0.2, 0) is 26.2 Å². The van der Waals surface area contributed by atoms with Crippen LogP contribution in [0.3, 0.4) is 0 Å². The SMILES string of the molecule is CCC(C)NC(=O)C(C)N(Cc1ccc(Br)cc1)C(=O)CN(c1cc(Cl)cc(Cl)c1)S(=O)(=O)c1ccccc1. The van der Waals surface area contributed by atoms with Gasteiger partial charge >= 0.3 is 0 Å². The van der Waals surface area contributed by atoms with Crippen molar-refractivity contribution in [3.05, 3.63) is 92.9 Å². The predicted molar refractivity (Wildman–Crippen MR) is 159 cm³/mol. The van der Waals surface area contributed by atoms with E-state index < -0.39 is 28.5 Å². The minimum Gasteiger partial charge on any atom is -0.352 e. The lowest BCUT2D eigenvalue weighted by atomic mass is 10.1. The van der Waals surface area contributed by atoms with Crippen molar-refractivity contribution in [2.75, 3.05) is 10.8 Å². The zero-order chi connectivity index (χ0) is 28.7. The molecule has 0 saturated carbocycles. The molecule has 39 heavy (non-hydrogen) atoms. The van der Waals surface area contributed by atoms with Crippen LogP contribution in [0.1, 0.15) is 32.8 Å². The number of halogens is 3. The van der Waals surface area contributed by atoms with Gasteiger partial charge in [0.05, 0.1) is 10.6 Å². The number of carbonyl (C=O) groups is 2. The lowest BCUT2D eigenvalue weighted by Crippen LogP contribution is -2.52. The topological polar surface area (TPSA) is 86.8 Å². The van der Waals surface area contributed by atoms with Crippen LogP contribution in [0, 0.1) is 0 Å². The summed E-state index contributed by atoms with van der Waals surface area (Å²) in [5, 5.41) is 3.34. The molecule has 0 aliphatic heterocycles. The van der Waals surface area contributed by atoms with Gasteiger partial charge < -0.3 is 10.2 Å². The molecule has 0 spiro atoms. The Hall–Kier alpha value is -2.59. The molecule has 2 amide bonds. The van der Waals surface area contributed by atoms with Crippen LogP contribution < -0.4 is 9.62 Å². The number of rotatable bonds is 11. The number of hydrogen-bond donors (Lipinski definition) is 1. The second-order valence-electron chi connectivity index (χ2n) is 9.09. The smallest absolute Gasteiger partial charge is 0.264 e. The van der Waals surface area contributed by atoms with E-state index in [1.165, 1.54) is 35.2 Å². The predicted octanol–water partition coefficient (Wildman–Crippen LogP) is 6.28. The van der Waals surface area contributed by atoms with Gasteiger partial charge in [0.25, 0.3) is 10.0 Å². The average molecular weight is 655 g/mol. The lowest BCUT2D eigenvalue weighted by Gasteiger charge is -2.32. The fourth-order valence-corrected chi connectivity index (χ4v) is 5.96. The molecule has 0 fully saturated rings. The van der Waals surface area contributed by atoms with E-state index >= 15 is 0 Å². The molecule has 0 aliphatic carbocycles. The van der Waals surface area contributed by atoms with E-state index in [9.17, 15) is 18.0 Å². The minimum absolute atomic E-state index is 0.00378. The molecule has 7 nitrogen and oxygen atoms in total. The first-order valence-corrected chi connectivity index (χ1v) is 15.3. The van der Waals surface area contributed by atoms with Gasteiger partial charge in [0.1, 0.15) is 12.6 Å². The van der Waals surface area contributed by atoms with Crippen molar-refractivity contribution in [1.82, 2.24) is 10.2 Å². The van der Waals surface area contributed by atoms with Gasteiger partial charge in [0.2, 0.25) is 11.8 Å². The van der Waals surface area contributed by atoms with Gasteiger partial charge in [-0.15, -0.1) is 0 Å². The molecule has 3 rings (SSSR count). The van der Waals surface area contributed by atoms with Crippen LogP contribution in [0.25, 0.3) is 0 Å². The van der Waals surface area contributed by atoms with E-state index in [0.717, 1.165) is 20.8 Å². The Labute approximate surface area is 248 Å². The highest BCUT2D eigenvalue weighted by molar-refractivity contribution is 9.10. The Morgan fingerprint density at radius 1 is 0.949 bits per heavy atom. The number of amides is 2. The van der Waals surface area contributed by atoms with Crippen molar-refractivity contribution in [2.24, 2.45) is 0 Å². The normalized spacial score (nSPS) is 12.9. The highest BCUT2D eigenvalue weighted by Crippen LogP contribution is 2.30. The third-order valence-electron chi connectivity index (χ3n) is 6.18. The number of hydrogen-bond acceptors (Lipinski definition) is 4.